The van der Waals surface area contributed by atoms with Gasteiger partial charge in [-0.15, -0.1) is 0 Å². The van der Waals surface area contributed by atoms with Crippen LogP contribution in [0.2, 0.25) is 0 Å². The molecular formula is C9H9FO5S2. The SMILES string of the molecule is Cc1c(CS)cc(C(=O)O)cc1OS(=O)(=O)F. The van der Waals surface area contributed by atoms with Crippen LogP contribution in [0.1, 0.15) is 21.5 Å². The summed E-state index contributed by atoms with van der Waals surface area (Å²) in [5, 5.41) is 8.79. The van der Waals surface area contributed by atoms with E-state index in [2.05, 4.69) is 16.8 Å². The standard InChI is InChI=1S/C9H9FO5S2/c1-5-7(4-16)2-6(9(11)12)3-8(5)15-17(10,13)14/h2-3,16H,4H2,1H3,(H,11,12). The van der Waals surface area contributed by atoms with Crippen LogP contribution in [0.15, 0.2) is 12.1 Å². The van der Waals surface area contributed by atoms with E-state index in [0.29, 0.717) is 11.1 Å². The molecule has 5 nitrogen and oxygen atoms in total. The fourth-order valence-corrected chi connectivity index (χ4v) is 1.94. The molecule has 1 aromatic rings. The Morgan fingerprint density at radius 3 is 2.53 bits per heavy atom. The van der Waals surface area contributed by atoms with Gasteiger partial charge < -0.3 is 9.29 Å². The first-order valence-corrected chi connectivity index (χ1v) is 6.30. The molecule has 1 rings (SSSR count). The fraction of sp³-hybridized carbons (Fsp3) is 0.222. The molecule has 0 saturated heterocycles. The minimum Gasteiger partial charge on any atom is -0.478 e. The second-order valence-electron chi connectivity index (χ2n) is 3.20. The molecule has 0 heterocycles. The summed E-state index contributed by atoms with van der Waals surface area (Å²) in [6.45, 7) is 1.48. The Morgan fingerprint density at radius 2 is 2.12 bits per heavy atom. The summed E-state index contributed by atoms with van der Waals surface area (Å²) in [5.74, 6) is -1.44. The van der Waals surface area contributed by atoms with Gasteiger partial charge in [0.2, 0.25) is 0 Å². The number of halogens is 1. The summed E-state index contributed by atoms with van der Waals surface area (Å²) in [6.07, 6.45) is 0. The number of rotatable bonds is 4. The van der Waals surface area contributed by atoms with Gasteiger partial charge in [-0.2, -0.15) is 21.0 Å². The van der Waals surface area contributed by atoms with Gasteiger partial charge in [-0.05, 0) is 30.2 Å². The van der Waals surface area contributed by atoms with Gasteiger partial charge in [-0.3, -0.25) is 0 Å². The van der Waals surface area contributed by atoms with Gasteiger partial charge in [0.15, 0.2) is 0 Å². The largest absolute Gasteiger partial charge is 0.488 e. The summed E-state index contributed by atoms with van der Waals surface area (Å²) >= 11 is 3.96. The first-order valence-electron chi connectivity index (χ1n) is 4.36. The van der Waals surface area contributed by atoms with E-state index < -0.39 is 16.5 Å². The lowest BCUT2D eigenvalue weighted by Crippen LogP contribution is -2.06. The smallest absolute Gasteiger partial charge is 0.478 e. The Kier molecular flexibility index (Phi) is 3.99. The molecule has 17 heavy (non-hydrogen) atoms. The van der Waals surface area contributed by atoms with Crippen molar-refractivity contribution < 1.29 is 26.4 Å². The number of aromatic carboxylic acids is 1. The second-order valence-corrected chi connectivity index (χ2v) is 4.47. The lowest BCUT2D eigenvalue weighted by Gasteiger charge is -2.10. The van der Waals surface area contributed by atoms with Gasteiger partial charge >= 0.3 is 16.5 Å². The van der Waals surface area contributed by atoms with Crippen molar-refractivity contribution in [2.75, 3.05) is 0 Å². The normalized spacial score (nSPS) is 11.2. The Bertz CT molecular complexity index is 553. The van der Waals surface area contributed by atoms with Crippen molar-refractivity contribution in [2.45, 2.75) is 12.7 Å². The van der Waals surface area contributed by atoms with Crippen molar-refractivity contribution in [3.63, 3.8) is 0 Å². The molecule has 94 valence electrons. The van der Waals surface area contributed by atoms with Crippen molar-refractivity contribution in [3.8, 4) is 5.75 Å². The van der Waals surface area contributed by atoms with E-state index in [1.54, 1.807) is 0 Å². The van der Waals surface area contributed by atoms with Crippen LogP contribution in [-0.4, -0.2) is 19.5 Å². The molecular weight excluding hydrogens is 271 g/mol. The minimum absolute atomic E-state index is 0.176. The highest BCUT2D eigenvalue weighted by Crippen LogP contribution is 2.26. The second kappa shape index (κ2) is 4.92. The average molecular weight is 280 g/mol. The molecule has 1 aromatic carbocycles. The van der Waals surface area contributed by atoms with Crippen LogP contribution < -0.4 is 4.18 Å². The van der Waals surface area contributed by atoms with Gasteiger partial charge in [-0.25, -0.2) is 4.79 Å². The highest BCUT2D eigenvalue weighted by Gasteiger charge is 2.17. The highest BCUT2D eigenvalue weighted by molar-refractivity contribution is 7.81. The van der Waals surface area contributed by atoms with Gasteiger partial charge in [0.05, 0.1) is 5.56 Å². The number of hydrogen-bond donors (Lipinski definition) is 2. The monoisotopic (exact) mass is 280 g/mol. The lowest BCUT2D eigenvalue weighted by molar-refractivity contribution is 0.0696. The molecule has 0 amide bonds. The maximum atomic E-state index is 12.4. The third-order valence-electron chi connectivity index (χ3n) is 2.07. The number of thiol groups is 1. The Morgan fingerprint density at radius 1 is 1.53 bits per heavy atom. The van der Waals surface area contributed by atoms with E-state index in [1.807, 2.05) is 0 Å². The molecule has 0 spiro atoms. The van der Waals surface area contributed by atoms with Gasteiger partial charge in [0, 0.05) is 5.75 Å². The molecule has 0 fully saturated rings. The quantitative estimate of drug-likeness (QED) is 0.648. The van der Waals surface area contributed by atoms with Crippen LogP contribution in [0.4, 0.5) is 3.89 Å². The zero-order chi connectivity index (χ0) is 13.2. The van der Waals surface area contributed by atoms with Crippen LogP contribution in [-0.2, 0) is 16.3 Å². The number of carboxylic acids is 1. The van der Waals surface area contributed by atoms with Gasteiger partial charge in [0.1, 0.15) is 5.75 Å². The van der Waals surface area contributed by atoms with E-state index in [1.165, 1.54) is 13.0 Å². The van der Waals surface area contributed by atoms with Gasteiger partial charge in [0.25, 0.3) is 0 Å². The molecule has 0 aromatic heterocycles. The first kappa shape index (κ1) is 13.8. The van der Waals surface area contributed by atoms with E-state index in [4.69, 9.17) is 5.11 Å². The van der Waals surface area contributed by atoms with Crippen molar-refractivity contribution in [2.24, 2.45) is 0 Å². The number of carboxylic acid groups (broad SMARTS) is 1. The molecule has 0 aliphatic carbocycles. The van der Waals surface area contributed by atoms with E-state index >= 15 is 0 Å². The summed E-state index contributed by atoms with van der Waals surface area (Å²) in [4.78, 5) is 10.8. The minimum atomic E-state index is -5.18. The fourth-order valence-electron chi connectivity index (χ4n) is 1.23. The van der Waals surface area contributed by atoms with Crippen LogP contribution in [0.25, 0.3) is 0 Å². The van der Waals surface area contributed by atoms with Crippen molar-refractivity contribution >= 4 is 29.1 Å². The number of benzene rings is 1. The third-order valence-corrected chi connectivity index (χ3v) is 2.79. The molecule has 0 unspecified atom stereocenters. The maximum absolute atomic E-state index is 12.4. The van der Waals surface area contributed by atoms with Crippen LogP contribution in [0.5, 0.6) is 5.75 Å². The molecule has 0 bridgehead atoms. The Balaban J connectivity index is 3.37. The van der Waals surface area contributed by atoms with Crippen LogP contribution >= 0.6 is 12.6 Å². The molecule has 0 saturated carbocycles. The Hall–Kier alpha value is -1.28. The van der Waals surface area contributed by atoms with E-state index in [9.17, 15) is 17.1 Å². The topological polar surface area (TPSA) is 80.7 Å². The van der Waals surface area contributed by atoms with Crippen LogP contribution in [0, 0.1) is 6.92 Å². The zero-order valence-electron chi connectivity index (χ0n) is 8.68. The summed E-state index contributed by atoms with van der Waals surface area (Å²) in [6, 6.07) is 2.27. The summed E-state index contributed by atoms with van der Waals surface area (Å²) in [7, 11) is -5.18. The van der Waals surface area contributed by atoms with E-state index in [0.717, 1.165) is 6.07 Å². The van der Waals surface area contributed by atoms with Crippen molar-refractivity contribution in [1.29, 1.82) is 0 Å². The van der Waals surface area contributed by atoms with Crippen LogP contribution in [0.3, 0.4) is 0 Å². The van der Waals surface area contributed by atoms with Crippen molar-refractivity contribution in [1.82, 2.24) is 0 Å². The molecule has 0 atom stereocenters. The molecule has 8 heteroatoms. The number of hydrogen-bond acceptors (Lipinski definition) is 5. The molecule has 1 N–H and O–H groups in total. The first-order chi connectivity index (χ1) is 7.74. The summed E-state index contributed by atoms with van der Waals surface area (Å²) < 4.78 is 37.2. The molecule has 0 aliphatic heterocycles. The molecule has 0 aliphatic rings. The maximum Gasteiger partial charge on any atom is 0.488 e. The summed E-state index contributed by atoms with van der Waals surface area (Å²) in [5.41, 5.74) is 0.580. The average Bonchev–Trinajstić information content (AvgIpc) is 2.18. The number of carbonyl (C=O) groups is 1. The van der Waals surface area contributed by atoms with Crippen molar-refractivity contribution in [3.05, 3.63) is 28.8 Å². The predicted octanol–water partition coefficient (Wildman–Crippen LogP) is 1.72. The van der Waals surface area contributed by atoms with E-state index in [-0.39, 0.29) is 17.1 Å². The van der Waals surface area contributed by atoms with Gasteiger partial charge in [-0.1, -0.05) is 3.89 Å². The highest BCUT2D eigenvalue weighted by atomic mass is 32.3. The zero-order valence-corrected chi connectivity index (χ0v) is 10.4. The predicted molar refractivity (Wildman–Crippen MR) is 61.5 cm³/mol. The Labute approximate surface area is 103 Å². The third kappa shape index (κ3) is 3.60. The lowest BCUT2D eigenvalue weighted by atomic mass is 10.1. The molecule has 0 radical (unpaired) electrons.